The van der Waals surface area contributed by atoms with E-state index in [0.29, 0.717) is 51.4 Å². The largest absolute Gasteiger partial charge is 0.301 e. The molecule has 11 nitrogen and oxygen atoms in total. The zero-order chi connectivity index (χ0) is 69.4. The molecule has 0 saturated heterocycles. The molecule has 0 aliphatic heterocycles. The van der Waals surface area contributed by atoms with Gasteiger partial charge in [-0.25, -0.2) is 9.97 Å². The lowest BCUT2D eigenvalue weighted by atomic mass is 9.99. The van der Waals surface area contributed by atoms with E-state index in [0.717, 1.165) is 107 Å². The number of hydrogen-bond donors (Lipinski definition) is 0. The SMILES string of the molecule is O=C1C(=Cc2ccc(N(c3ccc(Cc4ccc5ccnc(N(c6cccc(-c7ccc8c(N(c9ccccn9)c9ccc(C=C%10C(=O)c%11ccccc%11C%10=O)s9)cccc8c7)c6)c6ccc(C=C7C(=O)c8ccccc8C7=O)s6)c5c4)cc3)c3cccc4ccccc34)s2)C(=O)c2ccccc21. The summed E-state index contributed by atoms with van der Waals surface area (Å²) in [7, 11) is 0. The Morgan fingerprint density at radius 3 is 1.34 bits per heavy atom. The molecule has 14 heteroatoms. The van der Waals surface area contributed by atoms with Crippen molar-refractivity contribution in [3.8, 4) is 11.1 Å². The third-order valence-electron chi connectivity index (χ3n) is 19.1. The quantitative estimate of drug-likeness (QED) is 0.0716. The van der Waals surface area contributed by atoms with Crippen LogP contribution in [0.15, 0.2) is 308 Å². The molecular weight excluding hydrogens is 1330 g/mol. The Kier molecular flexibility index (Phi) is 15.5. The standard InChI is InChI=1S/C89H53N5O6S3/c95-83-67-20-3-4-21-68(67)84(96)74(83)50-62-36-40-80(101-62)92(77-26-12-15-55-14-1-2-19-65(55)77)60-34-30-53(31-35-60)46-54-29-32-56-43-45-91-89(73(56)47-54)93(81-41-37-63(102-81)51-75-85(97)69-22-5-6-23-70(69)86(75)98)61-18-11-16-57(49-61)58-33-39-66-59(48-58)17-13-27-78(66)94(79-28-9-10-44-90-79)82-42-38-64(103-82)52-76-87(99)71-24-7-8-25-72(71)88(76)100/h1-45,47-52H,46H2. The second kappa shape index (κ2) is 25.6. The van der Waals surface area contributed by atoms with Crippen molar-refractivity contribution < 1.29 is 28.8 Å². The molecule has 0 N–H and O–H groups in total. The minimum absolute atomic E-state index is 0.129. The summed E-state index contributed by atoms with van der Waals surface area (Å²) in [5.74, 6) is -0.263. The number of carbonyl (C=O) groups is 6. The molecule has 0 amide bonds. The van der Waals surface area contributed by atoms with Gasteiger partial charge in [0.2, 0.25) is 0 Å². The number of nitrogens with zero attached hydrogens (tertiary/aromatic N) is 5. The zero-order valence-corrected chi connectivity index (χ0v) is 57.0. The lowest BCUT2D eigenvalue weighted by molar-refractivity contribution is 0.0975. The van der Waals surface area contributed by atoms with Crippen LogP contribution in [-0.2, 0) is 6.42 Å². The summed E-state index contributed by atoms with van der Waals surface area (Å²) in [4.78, 5) is 100. The Morgan fingerprint density at radius 1 is 0.301 bits per heavy atom. The van der Waals surface area contributed by atoms with Gasteiger partial charge >= 0.3 is 0 Å². The molecule has 0 fully saturated rings. The van der Waals surface area contributed by atoms with Crippen LogP contribution >= 0.6 is 34.0 Å². The van der Waals surface area contributed by atoms with Gasteiger partial charge in [0.25, 0.3) is 0 Å². The smallest absolute Gasteiger partial charge is 0.197 e. The average Bonchev–Trinajstić information content (AvgIpc) is 1.64. The van der Waals surface area contributed by atoms with Gasteiger partial charge in [-0.1, -0.05) is 176 Å². The Balaban J connectivity index is 0.689. The fraction of sp³-hybridized carbons (Fsp3) is 0.0112. The molecule has 0 atom stereocenters. The number of Topliss-reactive ketones (excluding diaryl/α,β-unsaturated/α-hetero) is 6. The molecule has 488 valence electrons. The maximum absolute atomic E-state index is 13.8. The predicted molar refractivity (Wildman–Crippen MR) is 416 cm³/mol. The summed E-state index contributed by atoms with van der Waals surface area (Å²) in [6.07, 6.45) is 9.33. The van der Waals surface area contributed by atoms with Crippen molar-refractivity contribution in [3.05, 3.63) is 367 Å². The average molecular weight is 1380 g/mol. The number of hydrogen-bond acceptors (Lipinski definition) is 14. The number of ketones is 6. The second-order valence-electron chi connectivity index (χ2n) is 25.3. The van der Waals surface area contributed by atoms with E-state index >= 15 is 0 Å². The van der Waals surface area contributed by atoms with Gasteiger partial charge < -0.3 is 4.90 Å². The molecule has 0 spiro atoms. The lowest BCUT2D eigenvalue weighted by Crippen LogP contribution is -2.11. The first-order chi connectivity index (χ1) is 50.5. The van der Waals surface area contributed by atoms with Crippen molar-refractivity contribution in [2.45, 2.75) is 6.42 Å². The normalized spacial score (nSPS) is 13.1. The number of carbonyl (C=O) groups excluding carboxylic acids is 6. The molecule has 3 aliphatic rings. The van der Waals surface area contributed by atoms with Crippen molar-refractivity contribution in [2.24, 2.45) is 0 Å². The summed E-state index contributed by atoms with van der Waals surface area (Å²) >= 11 is 4.45. The van der Waals surface area contributed by atoms with E-state index in [-0.39, 0.29) is 51.4 Å². The van der Waals surface area contributed by atoms with Crippen LogP contribution in [0.1, 0.15) is 87.9 Å². The van der Waals surface area contributed by atoms with Crippen LogP contribution in [0.3, 0.4) is 0 Å². The van der Waals surface area contributed by atoms with Gasteiger partial charge in [-0.05, 0) is 166 Å². The number of benzene rings is 10. The minimum atomic E-state index is -0.292. The summed E-state index contributed by atoms with van der Waals surface area (Å²) in [6, 6.07) is 91.5. The maximum atomic E-state index is 13.8. The predicted octanol–water partition coefficient (Wildman–Crippen LogP) is 22.2. The van der Waals surface area contributed by atoms with Crippen molar-refractivity contribution in [1.82, 2.24) is 9.97 Å². The molecule has 0 radical (unpaired) electrons. The molecule has 18 rings (SSSR count). The van der Waals surface area contributed by atoms with Gasteiger partial charge in [-0.3, -0.25) is 38.6 Å². The van der Waals surface area contributed by atoms with Gasteiger partial charge in [0.15, 0.2) is 34.7 Å². The van der Waals surface area contributed by atoms with Crippen molar-refractivity contribution in [3.63, 3.8) is 0 Å². The third-order valence-corrected chi connectivity index (χ3v) is 22.2. The van der Waals surface area contributed by atoms with E-state index in [4.69, 9.17) is 9.97 Å². The summed E-state index contributed by atoms with van der Waals surface area (Å²) in [5, 5.41) is 8.61. The number of thiophene rings is 3. The molecule has 0 bridgehead atoms. The highest BCUT2D eigenvalue weighted by Gasteiger charge is 2.36. The first-order valence-corrected chi connectivity index (χ1v) is 35.9. The van der Waals surface area contributed by atoms with E-state index in [1.807, 2.05) is 85.1 Å². The fourth-order valence-corrected chi connectivity index (χ4v) is 17.1. The van der Waals surface area contributed by atoms with Gasteiger partial charge in [-0.15, -0.1) is 34.0 Å². The number of allylic oxidation sites excluding steroid dienone is 3. The first kappa shape index (κ1) is 62.3. The molecule has 10 aromatic carbocycles. The number of fused-ring (bicyclic) bond motifs is 6. The highest BCUT2D eigenvalue weighted by molar-refractivity contribution is 7.18. The maximum Gasteiger partial charge on any atom is 0.197 e. The molecule has 0 unspecified atom stereocenters. The Labute approximate surface area is 602 Å². The molecule has 103 heavy (non-hydrogen) atoms. The summed E-state index contributed by atoms with van der Waals surface area (Å²) in [5.41, 5.74) is 10.7. The van der Waals surface area contributed by atoms with Crippen LogP contribution < -0.4 is 14.7 Å². The minimum Gasteiger partial charge on any atom is -0.301 e. The van der Waals surface area contributed by atoms with Gasteiger partial charge in [0.05, 0.1) is 28.1 Å². The van der Waals surface area contributed by atoms with Gasteiger partial charge in [0, 0.05) is 87.9 Å². The number of rotatable bonds is 15. The Hall–Kier alpha value is -13.0. The monoisotopic (exact) mass is 1380 g/mol. The van der Waals surface area contributed by atoms with Crippen LogP contribution in [0.4, 0.5) is 49.4 Å². The van der Waals surface area contributed by atoms with Crippen LogP contribution in [0, 0.1) is 0 Å². The summed E-state index contributed by atoms with van der Waals surface area (Å²) < 4.78 is 0. The Bertz CT molecular complexity index is 6100. The molecular formula is C89H53N5O6S3. The van der Waals surface area contributed by atoms with E-state index in [1.54, 1.807) is 97.2 Å². The number of pyridine rings is 2. The fourth-order valence-electron chi connectivity index (χ4n) is 14.2. The Morgan fingerprint density at radius 2 is 0.767 bits per heavy atom. The van der Waals surface area contributed by atoms with Gasteiger partial charge in [0.1, 0.15) is 26.6 Å². The molecule has 0 saturated carbocycles. The van der Waals surface area contributed by atoms with Gasteiger partial charge in [-0.2, -0.15) is 0 Å². The van der Waals surface area contributed by atoms with Crippen LogP contribution in [0.5, 0.6) is 0 Å². The van der Waals surface area contributed by atoms with Crippen LogP contribution in [0.2, 0.25) is 0 Å². The second-order valence-corrected chi connectivity index (χ2v) is 28.6. The van der Waals surface area contributed by atoms with E-state index < -0.39 is 0 Å². The number of anilines is 9. The molecule has 15 aromatic rings. The van der Waals surface area contributed by atoms with E-state index in [1.165, 1.54) is 34.0 Å². The zero-order valence-electron chi connectivity index (χ0n) is 54.6. The van der Waals surface area contributed by atoms with Crippen LogP contribution in [0.25, 0.3) is 61.7 Å². The lowest BCUT2D eigenvalue weighted by Gasteiger charge is -2.25. The highest BCUT2D eigenvalue weighted by atomic mass is 32.1. The first-order valence-electron chi connectivity index (χ1n) is 33.4. The van der Waals surface area contributed by atoms with Crippen LogP contribution in [-0.4, -0.2) is 44.7 Å². The highest BCUT2D eigenvalue weighted by Crippen LogP contribution is 2.48. The van der Waals surface area contributed by atoms with E-state index in [2.05, 4.69) is 142 Å². The van der Waals surface area contributed by atoms with E-state index in [9.17, 15) is 28.8 Å². The van der Waals surface area contributed by atoms with Crippen molar-refractivity contribution >= 4 is 169 Å². The van der Waals surface area contributed by atoms with Crippen molar-refractivity contribution in [1.29, 1.82) is 0 Å². The topological polar surface area (TPSA) is 138 Å². The molecule has 5 heterocycles. The van der Waals surface area contributed by atoms with Crippen molar-refractivity contribution in [2.75, 3.05) is 14.7 Å². The third kappa shape index (κ3) is 11.1. The number of aromatic nitrogens is 2. The molecule has 5 aromatic heterocycles. The molecule has 3 aliphatic carbocycles. The summed E-state index contributed by atoms with van der Waals surface area (Å²) in [6.45, 7) is 0.